The van der Waals surface area contributed by atoms with Crippen molar-refractivity contribution < 1.29 is 19.1 Å². The fourth-order valence-electron chi connectivity index (χ4n) is 2.60. The maximum Gasteiger partial charge on any atom is 0.407 e. The minimum atomic E-state index is -0.775. The molecule has 7 nitrogen and oxygen atoms in total. The van der Waals surface area contributed by atoms with Gasteiger partial charge >= 0.3 is 6.09 Å². The van der Waals surface area contributed by atoms with E-state index in [9.17, 15) is 14.4 Å². The van der Waals surface area contributed by atoms with Crippen LogP contribution in [0.5, 0.6) is 0 Å². The summed E-state index contributed by atoms with van der Waals surface area (Å²) in [4.78, 5) is 37.0. The quantitative estimate of drug-likeness (QED) is 0.866. The highest BCUT2D eigenvalue weighted by atomic mass is 16.5. The lowest BCUT2D eigenvalue weighted by atomic mass is 10.2. The minimum Gasteiger partial charge on any atom is -0.445 e. The van der Waals surface area contributed by atoms with E-state index in [1.165, 1.54) is 4.90 Å². The van der Waals surface area contributed by atoms with Gasteiger partial charge in [-0.3, -0.25) is 9.59 Å². The molecule has 1 atom stereocenters. The molecule has 1 aliphatic heterocycles. The van der Waals surface area contributed by atoms with E-state index in [1.54, 1.807) is 20.8 Å². The van der Waals surface area contributed by atoms with Gasteiger partial charge in [-0.15, -0.1) is 0 Å². The largest absolute Gasteiger partial charge is 0.445 e. The summed E-state index contributed by atoms with van der Waals surface area (Å²) in [6.07, 6.45) is -0.675. The van der Waals surface area contributed by atoms with Crippen molar-refractivity contribution in [3.05, 3.63) is 35.9 Å². The fourth-order valence-corrected chi connectivity index (χ4v) is 2.60. The number of rotatable bonds is 4. The van der Waals surface area contributed by atoms with E-state index in [1.807, 2.05) is 30.3 Å². The summed E-state index contributed by atoms with van der Waals surface area (Å²) in [7, 11) is 0. The third kappa shape index (κ3) is 4.00. The number of nitrogens with zero attached hydrogens (tertiary/aromatic N) is 1. The maximum absolute atomic E-state index is 12.3. The van der Waals surface area contributed by atoms with Gasteiger partial charge in [-0.25, -0.2) is 4.79 Å². The highest BCUT2D eigenvalue weighted by Crippen LogP contribution is 2.21. The zero-order chi connectivity index (χ0) is 17.0. The molecule has 124 valence electrons. The molecular formula is C16H21N3O4. The molecule has 1 fully saturated rings. The lowest BCUT2D eigenvalue weighted by molar-refractivity contribution is -0.137. The van der Waals surface area contributed by atoms with Gasteiger partial charge in [0.15, 0.2) is 0 Å². The average Bonchev–Trinajstić information content (AvgIpc) is 2.71. The van der Waals surface area contributed by atoms with Crippen molar-refractivity contribution in [1.29, 1.82) is 0 Å². The van der Waals surface area contributed by atoms with Crippen LogP contribution in [0.4, 0.5) is 4.79 Å². The van der Waals surface area contributed by atoms with Crippen LogP contribution in [-0.4, -0.2) is 41.1 Å². The molecule has 2 N–H and O–H groups in total. The molecule has 1 saturated heterocycles. The predicted molar refractivity (Wildman–Crippen MR) is 83.2 cm³/mol. The normalized spacial score (nSPS) is 19.2. The SMILES string of the molecule is CC1C(=O)NC(C)(C)N1C(=O)CNC(=O)OCc1ccccc1. The maximum atomic E-state index is 12.3. The van der Waals surface area contributed by atoms with Gasteiger partial charge in [-0.2, -0.15) is 0 Å². The van der Waals surface area contributed by atoms with E-state index in [2.05, 4.69) is 10.6 Å². The molecular weight excluding hydrogens is 298 g/mol. The molecule has 0 radical (unpaired) electrons. The highest BCUT2D eigenvalue weighted by molar-refractivity contribution is 5.93. The number of benzene rings is 1. The Morgan fingerprint density at radius 2 is 1.96 bits per heavy atom. The second-order valence-corrected chi connectivity index (χ2v) is 5.90. The molecule has 0 saturated carbocycles. The first kappa shape index (κ1) is 16.8. The Morgan fingerprint density at radius 3 is 2.52 bits per heavy atom. The van der Waals surface area contributed by atoms with Crippen molar-refractivity contribution in [1.82, 2.24) is 15.5 Å². The van der Waals surface area contributed by atoms with Gasteiger partial charge in [0, 0.05) is 0 Å². The lowest BCUT2D eigenvalue weighted by Crippen LogP contribution is -2.53. The second-order valence-electron chi connectivity index (χ2n) is 5.90. The summed E-state index contributed by atoms with van der Waals surface area (Å²) in [5, 5.41) is 5.14. The number of ether oxygens (including phenoxy) is 1. The van der Waals surface area contributed by atoms with Gasteiger partial charge in [0.1, 0.15) is 24.9 Å². The van der Waals surface area contributed by atoms with Crippen LogP contribution in [0.15, 0.2) is 30.3 Å². The number of carbonyl (C=O) groups excluding carboxylic acids is 3. The van der Waals surface area contributed by atoms with Crippen molar-refractivity contribution >= 4 is 17.9 Å². The van der Waals surface area contributed by atoms with E-state index < -0.39 is 17.8 Å². The third-order valence-corrected chi connectivity index (χ3v) is 3.66. The molecule has 1 aromatic carbocycles. The Kier molecular flexibility index (Phi) is 4.88. The molecule has 1 unspecified atom stereocenters. The van der Waals surface area contributed by atoms with Crippen LogP contribution in [-0.2, 0) is 20.9 Å². The van der Waals surface area contributed by atoms with E-state index in [-0.39, 0.29) is 25.0 Å². The summed E-state index contributed by atoms with van der Waals surface area (Å²) in [5.41, 5.74) is 0.0847. The molecule has 0 aliphatic carbocycles. The van der Waals surface area contributed by atoms with Crippen LogP contribution in [0.25, 0.3) is 0 Å². The molecule has 0 bridgehead atoms. The van der Waals surface area contributed by atoms with E-state index >= 15 is 0 Å². The molecule has 1 aromatic rings. The topological polar surface area (TPSA) is 87.7 Å². The van der Waals surface area contributed by atoms with E-state index in [0.717, 1.165) is 5.56 Å². The van der Waals surface area contributed by atoms with Gasteiger partial charge in [0.05, 0.1) is 0 Å². The van der Waals surface area contributed by atoms with Crippen molar-refractivity contribution in [2.24, 2.45) is 0 Å². The average molecular weight is 319 g/mol. The summed E-state index contributed by atoms with van der Waals surface area (Å²) in [6.45, 7) is 5.03. The molecule has 1 aliphatic rings. The first-order valence-electron chi connectivity index (χ1n) is 7.40. The number of hydrogen-bond acceptors (Lipinski definition) is 4. The number of hydrogen-bond donors (Lipinski definition) is 2. The van der Waals surface area contributed by atoms with Crippen molar-refractivity contribution in [3.8, 4) is 0 Å². The number of amides is 3. The van der Waals surface area contributed by atoms with Crippen LogP contribution in [0.3, 0.4) is 0 Å². The molecule has 0 aromatic heterocycles. The van der Waals surface area contributed by atoms with E-state index in [0.29, 0.717) is 0 Å². The van der Waals surface area contributed by atoms with Crippen LogP contribution in [0.1, 0.15) is 26.3 Å². The monoisotopic (exact) mass is 319 g/mol. The van der Waals surface area contributed by atoms with Crippen molar-refractivity contribution in [3.63, 3.8) is 0 Å². The van der Waals surface area contributed by atoms with Gasteiger partial charge in [-0.1, -0.05) is 30.3 Å². The number of nitrogens with one attached hydrogen (secondary N) is 2. The fraction of sp³-hybridized carbons (Fsp3) is 0.438. The summed E-state index contributed by atoms with van der Waals surface area (Å²) >= 11 is 0. The van der Waals surface area contributed by atoms with Crippen LogP contribution >= 0.6 is 0 Å². The molecule has 3 amide bonds. The molecule has 7 heteroatoms. The Bertz CT molecular complexity index is 601. The molecule has 2 rings (SSSR count). The summed E-state index contributed by atoms with van der Waals surface area (Å²) in [5.74, 6) is -0.562. The predicted octanol–water partition coefficient (Wildman–Crippen LogP) is 0.996. The van der Waals surface area contributed by atoms with Crippen LogP contribution in [0.2, 0.25) is 0 Å². The highest BCUT2D eigenvalue weighted by Gasteiger charge is 2.45. The van der Waals surface area contributed by atoms with Crippen LogP contribution in [0, 0.1) is 0 Å². The molecule has 1 heterocycles. The van der Waals surface area contributed by atoms with Gasteiger partial charge < -0.3 is 20.3 Å². The molecule has 0 spiro atoms. The standard InChI is InChI=1S/C16H21N3O4/c1-11-14(21)18-16(2,3)19(11)13(20)9-17-15(22)23-10-12-7-5-4-6-8-12/h4-8,11H,9-10H2,1-3H3,(H,17,22)(H,18,21). The van der Waals surface area contributed by atoms with Gasteiger partial charge in [-0.05, 0) is 26.3 Å². The number of alkyl carbamates (subject to hydrolysis) is 1. The lowest BCUT2D eigenvalue weighted by Gasteiger charge is -2.32. The Balaban J connectivity index is 1.82. The molecule has 23 heavy (non-hydrogen) atoms. The first-order chi connectivity index (χ1) is 10.8. The smallest absolute Gasteiger partial charge is 0.407 e. The van der Waals surface area contributed by atoms with Gasteiger partial charge in [0.25, 0.3) is 0 Å². The summed E-state index contributed by atoms with van der Waals surface area (Å²) in [6, 6.07) is 8.67. The Morgan fingerprint density at radius 1 is 1.30 bits per heavy atom. The Labute approximate surface area is 135 Å². The van der Waals surface area contributed by atoms with Gasteiger partial charge in [0.2, 0.25) is 11.8 Å². The third-order valence-electron chi connectivity index (χ3n) is 3.66. The Hall–Kier alpha value is -2.57. The minimum absolute atomic E-state index is 0.131. The van der Waals surface area contributed by atoms with E-state index in [4.69, 9.17) is 4.74 Å². The summed E-state index contributed by atoms with van der Waals surface area (Å²) < 4.78 is 5.04. The van der Waals surface area contributed by atoms with Crippen LogP contribution < -0.4 is 10.6 Å². The van der Waals surface area contributed by atoms with Crippen molar-refractivity contribution in [2.75, 3.05) is 6.54 Å². The van der Waals surface area contributed by atoms with Crippen molar-refractivity contribution in [2.45, 2.75) is 39.1 Å². The second kappa shape index (κ2) is 6.68. The zero-order valence-electron chi connectivity index (χ0n) is 13.5. The first-order valence-corrected chi connectivity index (χ1v) is 7.40. The zero-order valence-corrected chi connectivity index (χ0v) is 13.5. The number of carbonyl (C=O) groups is 3.